The van der Waals surface area contributed by atoms with Gasteiger partial charge in [0, 0.05) is 12.1 Å². The van der Waals surface area contributed by atoms with Gasteiger partial charge in [0.25, 0.3) is 5.69 Å². The van der Waals surface area contributed by atoms with Crippen LogP contribution in [0.4, 0.5) is 10.1 Å². The van der Waals surface area contributed by atoms with E-state index in [1.807, 2.05) is 0 Å². The van der Waals surface area contributed by atoms with Crippen LogP contribution in [0.3, 0.4) is 0 Å². The fraction of sp³-hybridized carbons (Fsp3) is 0.357. The van der Waals surface area contributed by atoms with Crippen LogP contribution in [-0.2, 0) is 9.53 Å². The van der Waals surface area contributed by atoms with Crippen LogP contribution in [0, 0.1) is 10.1 Å². The minimum absolute atomic E-state index is 0.00457. The van der Waals surface area contributed by atoms with E-state index in [1.165, 1.54) is 18.2 Å². The van der Waals surface area contributed by atoms with Gasteiger partial charge in [-0.2, -0.15) is 0 Å². The van der Waals surface area contributed by atoms with Gasteiger partial charge in [0.1, 0.15) is 5.60 Å². The van der Waals surface area contributed by atoms with Crippen molar-refractivity contribution < 1.29 is 18.8 Å². The molecule has 0 spiro atoms. The van der Waals surface area contributed by atoms with Crippen molar-refractivity contribution in [3.05, 3.63) is 52.1 Å². The Morgan fingerprint density at radius 3 is 2.55 bits per heavy atom. The van der Waals surface area contributed by atoms with Gasteiger partial charge in [-0.1, -0.05) is 18.7 Å². The lowest BCUT2D eigenvalue weighted by Crippen LogP contribution is -2.25. The van der Waals surface area contributed by atoms with Crippen LogP contribution in [0.2, 0.25) is 0 Å². The molecule has 0 bridgehead atoms. The summed E-state index contributed by atoms with van der Waals surface area (Å²) in [7, 11) is 0. The predicted octanol–water partition coefficient (Wildman–Crippen LogP) is 3.50. The van der Waals surface area contributed by atoms with E-state index in [1.54, 1.807) is 20.8 Å². The minimum Gasteiger partial charge on any atom is -0.457 e. The second-order valence-electron chi connectivity index (χ2n) is 5.24. The number of benzene rings is 1. The number of rotatable bonds is 4. The molecule has 5 nitrogen and oxygen atoms in total. The van der Waals surface area contributed by atoms with Crippen molar-refractivity contribution in [3.63, 3.8) is 0 Å². The molecule has 1 aromatic rings. The first kappa shape index (κ1) is 15.8. The summed E-state index contributed by atoms with van der Waals surface area (Å²) in [5, 5.41) is 10.6. The Morgan fingerprint density at radius 2 is 2.05 bits per heavy atom. The Morgan fingerprint density at radius 1 is 1.45 bits per heavy atom. The van der Waals surface area contributed by atoms with Gasteiger partial charge >= 0.3 is 5.97 Å². The third-order valence-electron chi connectivity index (χ3n) is 2.34. The minimum atomic E-state index is -1.84. The molecule has 0 aliphatic rings. The molecule has 0 radical (unpaired) electrons. The normalized spacial score (nSPS) is 12.6. The van der Waals surface area contributed by atoms with E-state index in [0.29, 0.717) is 0 Å². The topological polar surface area (TPSA) is 69.4 Å². The maximum atomic E-state index is 14.2. The van der Waals surface area contributed by atoms with Crippen LogP contribution < -0.4 is 0 Å². The molecule has 1 unspecified atom stereocenters. The van der Waals surface area contributed by atoms with E-state index in [-0.39, 0.29) is 16.8 Å². The molecule has 0 aliphatic carbocycles. The number of hydrogen-bond donors (Lipinski definition) is 0. The van der Waals surface area contributed by atoms with E-state index in [2.05, 4.69) is 6.58 Å². The van der Waals surface area contributed by atoms with E-state index in [4.69, 9.17) is 4.74 Å². The fourth-order valence-electron chi connectivity index (χ4n) is 1.44. The van der Waals surface area contributed by atoms with Crippen molar-refractivity contribution in [2.45, 2.75) is 32.5 Å². The summed E-state index contributed by atoms with van der Waals surface area (Å²) in [6.45, 7) is 8.32. The molecule has 0 amide bonds. The molecule has 0 saturated carbocycles. The van der Waals surface area contributed by atoms with Crippen molar-refractivity contribution in [1.29, 1.82) is 0 Å². The molecule has 1 rings (SSSR count). The van der Waals surface area contributed by atoms with Crippen LogP contribution in [0.5, 0.6) is 0 Å². The number of carbonyl (C=O) groups excluding carboxylic acids is 1. The number of esters is 1. The van der Waals surface area contributed by atoms with Gasteiger partial charge in [-0.15, -0.1) is 0 Å². The summed E-state index contributed by atoms with van der Waals surface area (Å²) >= 11 is 0. The Labute approximate surface area is 116 Å². The molecule has 6 heteroatoms. The van der Waals surface area contributed by atoms with Crippen LogP contribution in [0.15, 0.2) is 36.4 Å². The first-order valence-electron chi connectivity index (χ1n) is 5.92. The highest BCUT2D eigenvalue weighted by molar-refractivity contribution is 5.89. The van der Waals surface area contributed by atoms with Crippen molar-refractivity contribution in [1.82, 2.24) is 0 Å². The van der Waals surface area contributed by atoms with Crippen molar-refractivity contribution in [2.75, 3.05) is 0 Å². The molecular formula is C14H16FNO4. The van der Waals surface area contributed by atoms with Gasteiger partial charge in [0.15, 0.2) is 6.17 Å². The molecule has 0 N–H and O–H groups in total. The van der Waals surface area contributed by atoms with Gasteiger partial charge < -0.3 is 4.74 Å². The number of non-ortho nitro benzene ring substituents is 1. The quantitative estimate of drug-likeness (QED) is 0.366. The fourth-order valence-corrected chi connectivity index (χ4v) is 1.44. The standard InChI is InChI=1S/C14H16FNO4/c1-9(13(17)20-14(2,3)4)12(15)10-6-5-7-11(8-10)16(18)19/h5-8,12H,1H2,2-4H3. The lowest BCUT2D eigenvalue weighted by molar-refractivity contribution is -0.384. The van der Waals surface area contributed by atoms with E-state index in [0.717, 1.165) is 6.07 Å². The molecule has 0 fully saturated rings. The average Bonchev–Trinajstić information content (AvgIpc) is 2.35. The smallest absolute Gasteiger partial charge is 0.337 e. The first-order chi connectivity index (χ1) is 9.11. The summed E-state index contributed by atoms with van der Waals surface area (Å²) in [4.78, 5) is 21.7. The molecule has 0 aromatic heterocycles. The zero-order valence-corrected chi connectivity index (χ0v) is 11.6. The second kappa shape index (κ2) is 5.81. The SMILES string of the molecule is C=C(C(=O)OC(C)(C)C)C(F)c1cccc([N+](=O)[O-])c1. The molecular weight excluding hydrogens is 265 g/mol. The van der Waals surface area contributed by atoms with Crippen LogP contribution in [-0.4, -0.2) is 16.5 Å². The number of ether oxygens (including phenoxy) is 1. The Kier molecular flexibility index (Phi) is 4.60. The highest BCUT2D eigenvalue weighted by atomic mass is 19.1. The Bertz CT molecular complexity index is 548. The summed E-state index contributed by atoms with van der Waals surface area (Å²) in [6.07, 6.45) is -1.84. The van der Waals surface area contributed by atoms with Gasteiger partial charge in [-0.05, 0) is 26.3 Å². The third-order valence-corrected chi connectivity index (χ3v) is 2.34. The molecule has 20 heavy (non-hydrogen) atoms. The van der Waals surface area contributed by atoms with Crippen LogP contribution in [0.25, 0.3) is 0 Å². The second-order valence-corrected chi connectivity index (χ2v) is 5.24. The number of hydrogen-bond acceptors (Lipinski definition) is 4. The summed E-state index contributed by atoms with van der Waals surface area (Å²) < 4.78 is 19.2. The summed E-state index contributed by atoms with van der Waals surface area (Å²) in [6, 6.07) is 5.02. The van der Waals surface area contributed by atoms with Gasteiger partial charge in [-0.3, -0.25) is 10.1 Å². The number of alkyl halides is 1. The van der Waals surface area contributed by atoms with E-state index in [9.17, 15) is 19.3 Å². The summed E-state index contributed by atoms with van der Waals surface area (Å²) in [5.74, 6) is -0.864. The average molecular weight is 281 g/mol. The number of carbonyl (C=O) groups is 1. The molecule has 0 heterocycles. The zero-order valence-electron chi connectivity index (χ0n) is 11.6. The molecule has 0 saturated heterocycles. The van der Waals surface area contributed by atoms with Gasteiger partial charge in [-0.25, -0.2) is 9.18 Å². The highest BCUT2D eigenvalue weighted by Crippen LogP contribution is 2.29. The van der Waals surface area contributed by atoms with Crippen molar-refractivity contribution in [3.8, 4) is 0 Å². The Balaban J connectivity index is 2.92. The molecule has 108 valence electrons. The zero-order chi connectivity index (χ0) is 15.5. The largest absolute Gasteiger partial charge is 0.457 e. The molecule has 0 aliphatic heterocycles. The maximum absolute atomic E-state index is 14.2. The van der Waals surface area contributed by atoms with Crippen molar-refractivity contribution >= 4 is 11.7 Å². The van der Waals surface area contributed by atoms with Crippen LogP contribution in [0.1, 0.15) is 32.5 Å². The monoisotopic (exact) mass is 281 g/mol. The van der Waals surface area contributed by atoms with Crippen molar-refractivity contribution in [2.24, 2.45) is 0 Å². The van der Waals surface area contributed by atoms with E-state index < -0.39 is 22.7 Å². The number of nitrogens with zero attached hydrogens (tertiary/aromatic N) is 1. The van der Waals surface area contributed by atoms with Crippen LogP contribution >= 0.6 is 0 Å². The first-order valence-corrected chi connectivity index (χ1v) is 5.92. The lowest BCUT2D eigenvalue weighted by Gasteiger charge is -2.21. The lowest BCUT2D eigenvalue weighted by atomic mass is 10.0. The summed E-state index contributed by atoms with van der Waals surface area (Å²) in [5.41, 5.74) is -1.40. The number of halogens is 1. The molecule has 1 aromatic carbocycles. The number of nitro groups is 1. The maximum Gasteiger partial charge on any atom is 0.337 e. The van der Waals surface area contributed by atoms with Gasteiger partial charge in [0.05, 0.1) is 10.5 Å². The van der Waals surface area contributed by atoms with Gasteiger partial charge in [0.2, 0.25) is 0 Å². The third kappa shape index (κ3) is 4.15. The Hall–Kier alpha value is -2.24. The highest BCUT2D eigenvalue weighted by Gasteiger charge is 2.26. The van der Waals surface area contributed by atoms with E-state index >= 15 is 0 Å². The molecule has 1 atom stereocenters. The number of nitro benzene ring substituents is 1. The predicted molar refractivity (Wildman–Crippen MR) is 71.9 cm³/mol.